The lowest BCUT2D eigenvalue weighted by Gasteiger charge is -2.10. The van der Waals surface area contributed by atoms with Gasteiger partial charge in [0.25, 0.3) is 0 Å². The maximum absolute atomic E-state index is 10.5. The van der Waals surface area contributed by atoms with E-state index in [0.29, 0.717) is 12.5 Å². The van der Waals surface area contributed by atoms with E-state index in [1.807, 2.05) is 11.7 Å². The summed E-state index contributed by atoms with van der Waals surface area (Å²) in [6, 6.07) is 0.339. The summed E-state index contributed by atoms with van der Waals surface area (Å²) in [5, 5.41) is 3.38. The third kappa shape index (κ3) is 4.90. The molecule has 1 atom stereocenters. The molecule has 0 aliphatic rings. The number of hydrogen-bond acceptors (Lipinski definition) is 4. The van der Waals surface area contributed by atoms with Gasteiger partial charge in [-0.3, -0.25) is 9.78 Å². The van der Waals surface area contributed by atoms with Gasteiger partial charge in [-0.05, 0) is 26.3 Å². The molecule has 1 aromatic rings. The molecule has 5 heteroatoms. The van der Waals surface area contributed by atoms with E-state index in [-0.39, 0.29) is 5.91 Å². The minimum atomic E-state index is -0.217. The van der Waals surface area contributed by atoms with Gasteiger partial charge in [-0.1, -0.05) is 0 Å². The van der Waals surface area contributed by atoms with Gasteiger partial charge in [-0.25, -0.2) is 0 Å². The Morgan fingerprint density at radius 3 is 3.07 bits per heavy atom. The van der Waals surface area contributed by atoms with E-state index in [2.05, 4.69) is 17.2 Å². The van der Waals surface area contributed by atoms with Crippen LogP contribution in [0, 0.1) is 0 Å². The summed E-state index contributed by atoms with van der Waals surface area (Å²) in [7, 11) is 0. The highest BCUT2D eigenvalue weighted by Crippen LogP contribution is 2.15. The SMILES string of the molecule is CC(NCCCCC(N)=O)c1cncs1. The molecule has 1 rings (SSSR count). The largest absolute Gasteiger partial charge is 0.370 e. The summed E-state index contributed by atoms with van der Waals surface area (Å²) in [5.74, 6) is -0.217. The monoisotopic (exact) mass is 227 g/mol. The summed E-state index contributed by atoms with van der Waals surface area (Å²) >= 11 is 1.65. The summed E-state index contributed by atoms with van der Waals surface area (Å²) in [6.07, 6.45) is 4.20. The highest BCUT2D eigenvalue weighted by atomic mass is 32.1. The van der Waals surface area contributed by atoms with Crippen LogP contribution in [0.1, 0.15) is 37.1 Å². The quantitative estimate of drug-likeness (QED) is 0.693. The number of carbonyl (C=O) groups is 1. The van der Waals surface area contributed by atoms with Crippen LogP contribution in [0.3, 0.4) is 0 Å². The highest BCUT2D eigenvalue weighted by molar-refractivity contribution is 7.09. The molecule has 0 saturated heterocycles. The lowest BCUT2D eigenvalue weighted by atomic mass is 10.2. The van der Waals surface area contributed by atoms with Gasteiger partial charge in [0.1, 0.15) is 0 Å². The highest BCUT2D eigenvalue weighted by Gasteiger charge is 2.05. The summed E-state index contributed by atoms with van der Waals surface area (Å²) < 4.78 is 0. The minimum Gasteiger partial charge on any atom is -0.370 e. The zero-order chi connectivity index (χ0) is 11.1. The first-order valence-corrected chi connectivity index (χ1v) is 5.98. The second-order valence-electron chi connectivity index (χ2n) is 3.50. The smallest absolute Gasteiger partial charge is 0.217 e. The molecule has 1 aromatic heterocycles. The number of aromatic nitrogens is 1. The number of nitrogens with zero attached hydrogens (tertiary/aromatic N) is 1. The topological polar surface area (TPSA) is 68.0 Å². The Hall–Kier alpha value is -0.940. The molecule has 0 aliphatic heterocycles. The molecule has 3 N–H and O–H groups in total. The molecule has 4 nitrogen and oxygen atoms in total. The van der Waals surface area contributed by atoms with Gasteiger partial charge in [0, 0.05) is 23.5 Å². The van der Waals surface area contributed by atoms with Crippen molar-refractivity contribution in [3.63, 3.8) is 0 Å². The fourth-order valence-electron chi connectivity index (χ4n) is 1.28. The molecule has 0 aromatic carbocycles. The normalized spacial score (nSPS) is 12.6. The average Bonchev–Trinajstić information content (AvgIpc) is 2.69. The number of hydrogen-bond donors (Lipinski definition) is 2. The maximum atomic E-state index is 10.5. The van der Waals surface area contributed by atoms with Crippen molar-refractivity contribution in [2.24, 2.45) is 5.73 Å². The molecule has 0 radical (unpaired) electrons. The Kier molecular flexibility index (Phi) is 5.28. The third-order valence-corrected chi connectivity index (χ3v) is 3.14. The van der Waals surface area contributed by atoms with Crippen molar-refractivity contribution in [2.45, 2.75) is 32.2 Å². The number of nitrogens with two attached hydrogens (primary N) is 1. The molecule has 1 heterocycles. The zero-order valence-electron chi connectivity index (χ0n) is 8.90. The number of carbonyl (C=O) groups excluding carboxylic acids is 1. The Morgan fingerprint density at radius 2 is 2.47 bits per heavy atom. The van der Waals surface area contributed by atoms with E-state index in [0.717, 1.165) is 19.4 Å². The van der Waals surface area contributed by atoms with Gasteiger partial charge in [-0.2, -0.15) is 0 Å². The van der Waals surface area contributed by atoms with Crippen LogP contribution in [-0.2, 0) is 4.79 Å². The van der Waals surface area contributed by atoms with Crippen LogP contribution in [0.25, 0.3) is 0 Å². The van der Waals surface area contributed by atoms with Crippen molar-refractivity contribution >= 4 is 17.2 Å². The molecule has 0 spiro atoms. The number of rotatable bonds is 7. The zero-order valence-corrected chi connectivity index (χ0v) is 9.72. The van der Waals surface area contributed by atoms with Crippen LogP contribution < -0.4 is 11.1 Å². The van der Waals surface area contributed by atoms with Crippen LogP contribution in [0.2, 0.25) is 0 Å². The second-order valence-corrected chi connectivity index (χ2v) is 4.42. The average molecular weight is 227 g/mol. The molecule has 15 heavy (non-hydrogen) atoms. The van der Waals surface area contributed by atoms with E-state index >= 15 is 0 Å². The molecule has 1 unspecified atom stereocenters. The van der Waals surface area contributed by atoms with Crippen molar-refractivity contribution in [1.82, 2.24) is 10.3 Å². The number of amides is 1. The molecule has 84 valence electrons. The van der Waals surface area contributed by atoms with E-state index in [1.165, 1.54) is 4.88 Å². The number of thiazole rings is 1. The van der Waals surface area contributed by atoms with Gasteiger partial charge in [0.2, 0.25) is 5.91 Å². The lowest BCUT2D eigenvalue weighted by molar-refractivity contribution is -0.118. The Labute approximate surface area is 93.9 Å². The number of primary amides is 1. The van der Waals surface area contributed by atoms with E-state index in [1.54, 1.807) is 11.3 Å². The van der Waals surface area contributed by atoms with Crippen LogP contribution >= 0.6 is 11.3 Å². The molecule has 0 fully saturated rings. The lowest BCUT2D eigenvalue weighted by Crippen LogP contribution is -2.19. The maximum Gasteiger partial charge on any atom is 0.217 e. The fourth-order valence-corrected chi connectivity index (χ4v) is 1.94. The summed E-state index contributed by atoms with van der Waals surface area (Å²) in [5.41, 5.74) is 6.88. The minimum absolute atomic E-state index is 0.217. The first-order valence-electron chi connectivity index (χ1n) is 5.10. The second kappa shape index (κ2) is 6.53. The van der Waals surface area contributed by atoms with Crippen LogP contribution in [0.4, 0.5) is 0 Å². The van der Waals surface area contributed by atoms with Gasteiger partial charge in [0.15, 0.2) is 0 Å². The number of nitrogens with one attached hydrogen (secondary N) is 1. The van der Waals surface area contributed by atoms with E-state index in [9.17, 15) is 4.79 Å². The summed E-state index contributed by atoms with van der Waals surface area (Å²) in [6.45, 7) is 3.02. The van der Waals surface area contributed by atoms with Crippen molar-refractivity contribution in [3.8, 4) is 0 Å². The molecule has 0 saturated carbocycles. The van der Waals surface area contributed by atoms with Gasteiger partial charge in [0.05, 0.1) is 5.51 Å². The predicted octanol–water partition coefficient (Wildman–Crippen LogP) is 1.45. The first kappa shape index (κ1) is 12.1. The molecular weight excluding hydrogens is 210 g/mol. The predicted molar refractivity (Wildman–Crippen MR) is 61.6 cm³/mol. The fraction of sp³-hybridized carbons (Fsp3) is 0.600. The summed E-state index contributed by atoms with van der Waals surface area (Å²) in [4.78, 5) is 15.7. The van der Waals surface area contributed by atoms with E-state index in [4.69, 9.17) is 5.73 Å². The molecule has 1 amide bonds. The molecule has 0 bridgehead atoms. The van der Waals surface area contributed by atoms with Crippen molar-refractivity contribution in [2.75, 3.05) is 6.54 Å². The van der Waals surface area contributed by atoms with Crippen molar-refractivity contribution in [3.05, 3.63) is 16.6 Å². The van der Waals surface area contributed by atoms with Crippen molar-refractivity contribution in [1.29, 1.82) is 0 Å². The molecular formula is C10H17N3OS. The first-order chi connectivity index (χ1) is 7.20. The van der Waals surface area contributed by atoms with Crippen LogP contribution in [0.5, 0.6) is 0 Å². The Bertz CT molecular complexity index is 287. The van der Waals surface area contributed by atoms with Crippen molar-refractivity contribution < 1.29 is 4.79 Å². The Balaban J connectivity index is 2.08. The van der Waals surface area contributed by atoms with Gasteiger partial charge < -0.3 is 11.1 Å². The van der Waals surface area contributed by atoms with Gasteiger partial charge in [-0.15, -0.1) is 11.3 Å². The molecule has 0 aliphatic carbocycles. The number of unbranched alkanes of at least 4 members (excludes halogenated alkanes) is 1. The van der Waals surface area contributed by atoms with E-state index < -0.39 is 0 Å². The van der Waals surface area contributed by atoms with Crippen LogP contribution in [-0.4, -0.2) is 17.4 Å². The van der Waals surface area contributed by atoms with Gasteiger partial charge >= 0.3 is 0 Å². The third-order valence-electron chi connectivity index (χ3n) is 2.18. The van der Waals surface area contributed by atoms with Crippen LogP contribution in [0.15, 0.2) is 11.7 Å². The Morgan fingerprint density at radius 1 is 1.67 bits per heavy atom. The standard InChI is InChI=1S/C10H17N3OS/c1-8(9-6-12-7-15-9)13-5-3-2-4-10(11)14/h6-8,13H,2-5H2,1H3,(H2,11,14).